The van der Waals surface area contributed by atoms with E-state index in [1.807, 2.05) is 0 Å². The van der Waals surface area contributed by atoms with Crippen molar-refractivity contribution in [2.75, 3.05) is 0 Å². The van der Waals surface area contributed by atoms with Gasteiger partial charge in [0, 0.05) is 0 Å². The van der Waals surface area contributed by atoms with Crippen molar-refractivity contribution in [3.63, 3.8) is 0 Å². The first-order valence-electron chi connectivity index (χ1n) is 5.13. The summed E-state index contributed by atoms with van der Waals surface area (Å²) in [7, 11) is 0. The molecular weight excluding hydrogens is 180 g/mol. The third kappa shape index (κ3) is 5.21. The minimum absolute atomic E-state index is 0. The summed E-state index contributed by atoms with van der Waals surface area (Å²) in [6.45, 7) is 6.43. The highest BCUT2D eigenvalue weighted by Crippen LogP contribution is 2.02. The molecule has 0 unspecified atom stereocenters. The van der Waals surface area contributed by atoms with Crippen LogP contribution in [0.1, 0.15) is 31.0 Å². The van der Waals surface area contributed by atoms with Crippen molar-refractivity contribution >= 4 is 0 Å². The largest absolute Gasteiger partial charge is 0.0776 e. The van der Waals surface area contributed by atoms with Crippen molar-refractivity contribution in [1.82, 2.24) is 0 Å². The summed E-state index contributed by atoms with van der Waals surface area (Å²) < 4.78 is 0. The number of hydrogen-bond acceptors (Lipinski definition) is 0. The van der Waals surface area contributed by atoms with Gasteiger partial charge in [-0.25, -0.2) is 0 Å². The molecular formula is C15H22. The Morgan fingerprint density at radius 1 is 0.867 bits per heavy atom. The maximum absolute atomic E-state index is 2.24. The highest BCUT2D eigenvalue weighted by Gasteiger charge is 1.84. The monoisotopic (exact) mass is 202 g/mol. The van der Waals surface area contributed by atoms with Crippen LogP contribution in [0.2, 0.25) is 0 Å². The Hall–Kier alpha value is -1.30. The first-order chi connectivity index (χ1) is 6.72. The molecule has 0 aliphatic carbocycles. The molecule has 1 aromatic rings. The van der Waals surface area contributed by atoms with E-state index in [4.69, 9.17) is 0 Å². The first kappa shape index (κ1) is 13.7. The van der Waals surface area contributed by atoms with Gasteiger partial charge in [0.15, 0.2) is 0 Å². The van der Waals surface area contributed by atoms with Crippen molar-refractivity contribution in [1.29, 1.82) is 0 Å². The van der Waals surface area contributed by atoms with Gasteiger partial charge >= 0.3 is 0 Å². The lowest BCUT2D eigenvalue weighted by molar-refractivity contribution is 1.14. The van der Waals surface area contributed by atoms with E-state index in [0.717, 1.165) is 6.42 Å². The molecule has 0 bridgehead atoms. The van der Waals surface area contributed by atoms with Crippen LogP contribution in [0.5, 0.6) is 0 Å². The molecule has 0 fully saturated rings. The van der Waals surface area contributed by atoms with E-state index >= 15 is 0 Å². The Kier molecular flexibility index (Phi) is 6.44. The molecule has 15 heavy (non-hydrogen) atoms. The van der Waals surface area contributed by atoms with Gasteiger partial charge in [0.05, 0.1) is 0 Å². The van der Waals surface area contributed by atoms with Crippen LogP contribution < -0.4 is 0 Å². The Morgan fingerprint density at radius 2 is 1.47 bits per heavy atom. The summed E-state index contributed by atoms with van der Waals surface area (Å²) in [5, 5.41) is 0. The lowest BCUT2D eigenvalue weighted by Gasteiger charge is -1.93. The van der Waals surface area contributed by atoms with Gasteiger partial charge in [0.1, 0.15) is 0 Å². The fourth-order valence-electron chi connectivity index (χ4n) is 1.32. The van der Waals surface area contributed by atoms with Crippen molar-refractivity contribution in [2.45, 2.75) is 34.6 Å². The number of rotatable bonds is 1. The van der Waals surface area contributed by atoms with Gasteiger partial charge in [-0.15, -0.1) is 0 Å². The molecule has 0 saturated carbocycles. The molecule has 0 aliphatic rings. The standard InChI is InChI=1S/C14H18.CH4/c1-4-14-10-9-12(2)7-5-6-8-13(3)11-14;/h5-11H,4H2,1-3H3;1H4. The van der Waals surface area contributed by atoms with E-state index in [0.29, 0.717) is 0 Å². The minimum Gasteiger partial charge on any atom is -0.0776 e. The predicted molar refractivity (Wildman–Crippen MR) is 69.7 cm³/mol. The van der Waals surface area contributed by atoms with Gasteiger partial charge in [-0.3, -0.25) is 0 Å². The van der Waals surface area contributed by atoms with E-state index in [9.17, 15) is 0 Å². The Bertz CT molecular complexity index is 349. The fourth-order valence-corrected chi connectivity index (χ4v) is 1.32. The van der Waals surface area contributed by atoms with Gasteiger partial charge in [-0.1, -0.05) is 67.9 Å². The smallest absolute Gasteiger partial charge is 0.0307 e. The zero-order chi connectivity index (χ0) is 10.4. The molecule has 0 nitrogen and oxygen atoms in total. The van der Waals surface area contributed by atoms with E-state index in [1.165, 1.54) is 16.7 Å². The first-order valence-corrected chi connectivity index (χ1v) is 5.13. The van der Waals surface area contributed by atoms with Crippen molar-refractivity contribution < 1.29 is 0 Å². The molecule has 0 amide bonds. The van der Waals surface area contributed by atoms with Gasteiger partial charge in [0.25, 0.3) is 0 Å². The van der Waals surface area contributed by atoms with Gasteiger partial charge in [0.2, 0.25) is 0 Å². The van der Waals surface area contributed by atoms with E-state index < -0.39 is 0 Å². The fraction of sp³-hybridized carbons (Fsp3) is 0.333. The molecule has 0 radical (unpaired) electrons. The van der Waals surface area contributed by atoms with E-state index in [1.54, 1.807) is 0 Å². The van der Waals surface area contributed by atoms with Crippen LogP contribution in [0.4, 0.5) is 0 Å². The van der Waals surface area contributed by atoms with Gasteiger partial charge in [-0.2, -0.15) is 0 Å². The van der Waals surface area contributed by atoms with Gasteiger partial charge < -0.3 is 0 Å². The average Bonchev–Trinajstić information content (AvgIpc) is 2.18. The third-order valence-electron chi connectivity index (χ3n) is 2.21. The Labute approximate surface area is 94.3 Å². The second kappa shape index (κ2) is 7.05. The van der Waals surface area contributed by atoms with Gasteiger partial charge in [-0.05, 0) is 25.8 Å². The highest BCUT2D eigenvalue weighted by atomic mass is 13.9. The van der Waals surface area contributed by atoms with Crippen LogP contribution in [-0.2, 0) is 6.42 Å². The second-order valence-corrected chi connectivity index (χ2v) is 3.61. The minimum atomic E-state index is 0. The summed E-state index contributed by atoms with van der Waals surface area (Å²) >= 11 is 0. The zero-order valence-electron chi connectivity index (χ0n) is 9.25. The summed E-state index contributed by atoms with van der Waals surface area (Å²) in [6.07, 6.45) is 1.08. The molecule has 1 rings (SSSR count). The Balaban J connectivity index is 0.00000196. The van der Waals surface area contributed by atoms with E-state index in [-0.39, 0.29) is 7.43 Å². The maximum Gasteiger partial charge on any atom is -0.0307 e. The molecule has 0 atom stereocenters. The predicted octanol–water partition coefficient (Wildman–Crippen LogP) is 4.63. The summed E-state index contributed by atoms with van der Waals surface area (Å²) in [5.74, 6) is 0. The summed E-state index contributed by atoms with van der Waals surface area (Å²) in [4.78, 5) is 0. The SMILES string of the molecule is C.CCc1ccc(C)ccccc(C)c1. The van der Waals surface area contributed by atoms with Crippen LogP contribution in [0.15, 0.2) is 42.5 Å². The van der Waals surface area contributed by atoms with Crippen LogP contribution >= 0.6 is 0 Å². The lowest BCUT2D eigenvalue weighted by Crippen LogP contribution is -1.77. The summed E-state index contributed by atoms with van der Waals surface area (Å²) in [5.41, 5.74) is 3.96. The molecule has 1 aromatic carbocycles. The van der Waals surface area contributed by atoms with Crippen molar-refractivity contribution in [3.8, 4) is 0 Å². The Morgan fingerprint density at radius 3 is 2.07 bits per heavy atom. The number of aryl methyl sites for hydroxylation is 3. The van der Waals surface area contributed by atoms with Crippen LogP contribution in [0.3, 0.4) is 0 Å². The third-order valence-corrected chi connectivity index (χ3v) is 2.21. The van der Waals surface area contributed by atoms with Crippen LogP contribution in [0.25, 0.3) is 0 Å². The molecule has 82 valence electrons. The zero-order valence-corrected chi connectivity index (χ0v) is 9.25. The molecule has 0 saturated heterocycles. The maximum atomic E-state index is 2.24. The quantitative estimate of drug-likeness (QED) is 0.623. The van der Waals surface area contributed by atoms with Crippen LogP contribution in [-0.4, -0.2) is 0 Å². The van der Waals surface area contributed by atoms with Crippen molar-refractivity contribution in [3.05, 3.63) is 59.2 Å². The normalized spacial score (nSPS) is 8.73. The average molecular weight is 202 g/mol. The molecule has 0 aliphatic heterocycles. The lowest BCUT2D eigenvalue weighted by atomic mass is 10.1. The highest BCUT2D eigenvalue weighted by molar-refractivity contribution is 5.20. The molecule has 0 heterocycles. The summed E-state index contributed by atoms with van der Waals surface area (Å²) in [6, 6.07) is 15.0. The molecule has 0 N–H and O–H groups in total. The molecule has 0 aromatic heterocycles. The van der Waals surface area contributed by atoms with E-state index in [2.05, 4.69) is 63.2 Å². The second-order valence-electron chi connectivity index (χ2n) is 3.61. The molecule has 0 heteroatoms. The number of hydrogen-bond donors (Lipinski definition) is 0. The molecule has 0 spiro atoms. The van der Waals surface area contributed by atoms with Crippen LogP contribution in [0, 0.1) is 13.8 Å². The van der Waals surface area contributed by atoms with Crippen molar-refractivity contribution in [2.24, 2.45) is 0 Å². The topological polar surface area (TPSA) is 0 Å².